The van der Waals surface area contributed by atoms with E-state index in [4.69, 9.17) is 4.74 Å². The number of halogens is 1. The first kappa shape index (κ1) is 26.5. The minimum Gasteiger partial charge on any atom is -0.494 e. The first-order valence-electron chi connectivity index (χ1n) is 14.0. The van der Waals surface area contributed by atoms with Crippen LogP contribution in [0.2, 0.25) is 0 Å². The summed E-state index contributed by atoms with van der Waals surface area (Å²) in [6.07, 6.45) is 18.7. The maximum atomic E-state index is 15.2. The monoisotopic (exact) mass is 464 g/mol. The molecule has 186 valence electrons. The largest absolute Gasteiger partial charge is 0.494 e. The zero-order valence-electron chi connectivity index (χ0n) is 21.6. The Morgan fingerprint density at radius 1 is 0.588 bits per heavy atom. The third kappa shape index (κ3) is 8.00. The van der Waals surface area contributed by atoms with Gasteiger partial charge >= 0.3 is 0 Å². The normalized spacial score (nSPS) is 11.5. The Bertz CT molecular complexity index is 993. The van der Waals surface area contributed by atoms with E-state index in [2.05, 4.69) is 32.0 Å². The van der Waals surface area contributed by atoms with Gasteiger partial charge in [0.05, 0.1) is 6.61 Å². The van der Waals surface area contributed by atoms with E-state index >= 15 is 4.39 Å². The molecule has 3 aromatic rings. The highest BCUT2D eigenvalue weighted by Gasteiger charge is 2.10. The molecule has 0 fully saturated rings. The van der Waals surface area contributed by atoms with Crippen molar-refractivity contribution in [3.8, 4) is 5.75 Å². The molecule has 1 nitrogen and oxygen atoms in total. The first-order chi connectivity index (χ1) is 16.7. The summed E-state index contributed by atoms with van der Waals surface area (Å²) in [5.74, 6) is 0.873. The van der Waals surface area contributed by atoms with Crippen LogP contribution in [-0.2, 0) is 6.42 Å². The van der Waals surface area contributed by atoms with Crippen LogP contribution < -0.4 is 4.74 Å². The number of ether oxygens (including phenoxy) is 1. The molecular formula is C32H45FO. The highest BCUT2D eigenvalue weighted by molar-refractivity contribution is 6.08. The standard InChI is InChI=1S/C32H45FO/c1-3-5-7-9-11-12-14-16-24-34-28-20-23-29-27(25-28)19-22-31-30(29)21-18-26(32(31)33)17-15-13-10-8-6-4-2/h18-23,25H,3-17,24H2,1-2H3. The van der Waals surface area contributed by atoms with E-state index in [-0.39, 0.29) is 5.82 Å². The molecule has 0 aliphatic rings. The van der Waals surface area contributed by atoms with Crippen molar-refractivity contribution in [3.63, 3.8) is 0 Å². The van der Waals surface area contributed by atoms with Crippen LogP contribution in [0.3, 0.4) is 0 Å². The van der Waals surface area contributed by atoms with Crippen LogP contribution in [0.1, 0.15) is 109 Å². The van der Waals surface area contributed by atoms with Gasteiger partial charge in [-0.1, -0.05) is 121 Å². The van der Waals surface area contributed by atoms with Crippen LogP contribution in [0.15, 0.2) is 42.5 Å². The Labute approximate surface area is 207 Å². The summed E-state index contributed by atoms with van der Waals surface area (Å²) >= 11 is 0. The maximum Gasteiger partial charge on any atom is 0.134 e. The molecule has 0 aromatic heterocycles. The third-order valence-electron chi connectivity index (χ3n) is 7.07. The second kappa shape index (κ2) is 15.0. The predicted molar refractivity (Wildman–Crippen MR) is 147 cm³/mol. The second-order valence-electron chi connectivity index (χ2n) is 9.92. The smallest absolute Gasteiger partial charge is 0.134 e. The van der Waals surface area contributed by atoms with Crippen LogP contribution in [0.4, 0.5) is 4.39 Å². The molecule has 2 heteroatoms. The molecule has 0 unspecified atom stereocenters. The summed E-state index contributed by atoms with van der Waals surface area (Å²) in [5, 5.41) is 3.95. The molecule has 0 aliphatic carbocycles. The fraction of sp³-hybridized carbons (Fsp3) is 0.562. The van der Waals surface area contributed by atoms with Crippen molar-refractivity contribution in [3.05, 3.63) is 53.8 Å². The Morgan fingerprint density at radius 2 is 1.18 bits per heavy atom. The van der Waals surface area contributed by atoms with Crippen molar-refractivity contribution in [2.75, 3.05) is 6.61 Å². The zero-order chi connectivity index (χ0) is 24.0. The van der Waals surface area contributed by atoms with Gasteiger partial charge in [-0.05, 0) is 53.1 Å². The minimum atomic E-state index is -0.0389. The Balaban J connectivity index is 1.52. The number of rotatable bonds is 17. The van der Waals surface area contributed by atoms with Gasteiger partial charge in [0.15, 0.2) is 0 Å². The minimum absolute atomic E-state index is 0.0389. The van der Waals surface area contributed by atoms with Gasteiger partial charge in [-0.2, -0.15) is 0 Å². The topological polar surface area (TPSA) is 9.23 Å². The summed E-state index contributed by atoms with van der Waals surface area (Å²) in [6.45, 7) is 5.27. The summed E-state index contributed by atoms with van der Waals surface area (Å²) in [4.78, 5) is 0. The van der Waals surface area contributed by atoms with Crippen LogP contribution in [0.25, 0.3) is 21.5 Å². The van der Waals surface area contributed by atoms with E-state index in [9.17, 15) is 0 Å². The van der Waals surface area contributed by atoms with Crippen LogP contribution in [-0.4, -0.2) is 6.61 Å². The number of hydrogen-bond acceptors (Lipinski definition) is 1. The zero-order valence-corrected chi connectivity index (χ0v) is 21.6. The first-order valence-corrected chi connectivity index (χ1v) is 14.0. The Morgan fingerprint density at radius 3 is 1.88 bits per heavy atom. The lowest BCUT2D eigenvalue weighted by Gasteiger charge is -2.11. The highest BCUT2D eigenvalue weighted by Crippen LogP contribution is 2.31. The van der Waals surface area contributed by atoms with Crippen molar-refractivity contribution in [1.82, 2.24) is 0 Å². The van der Waals surface area contributed by atoms with Gasteiger partial charge in [0.1, 0.15) is 11.6 Å². The Hall–Kier alpha value is -2.09. The number of unbranched alkanes of at least 4 members (excludes halogenated alkanes) is 12. The molecular weight excluding hydrogens is 419 g/mol. The molecule has 0 saturated carbocycles. The van der Waals surface area contributed by atoms with Crippen molar-refractivity contribution in [2.24, 2.45) is 0 Å². The average molecular weight is 465 g/mol. The third-order valence-corrected chi connectivity index (χ3v) is 7.07. The average Bonchev–Trinajstić information content (AvgIpc) is 2.86. The molecule has 0 aliphatic heterocycles. The van der Waals surface area contributed by atoms with Crippen molar-refractivity contribution < 1.29 is 9.13 Å². The molecule has 0 saturated heterocycles. The predicted octanol–water partition coefficient (Wildman–Crippen LogP) is 10.6. The second-order valence-corrected chi connectivity index (χ2v) is 9.92. The highest BCUT2D eigenvalue weighted by atomic mass is 19.1. The fourth-order valence-corrected chi connectivity index (χ4v) is 4.94. The maximum absolute atomic E-state index is 15.2. The van der Waals surface area contributed by atoms with Crippen LogP contribution >= 0.6 is 0 Å². The lowest BCUT2D eigenvalue weighted by atomic mass is 9.97. The van der Waals surface area contributed by atoms with Crippen molar-refractivity contribution in [1.29, 1.82) is 0 Å². The molecule has 3 aromatic carbocycles. The summed E-state index contributed by atoms with van der Waals surface area (Å²) < 4.78 is 21.3. The van der Waals surface area contributed by atoms with E-state index in [1.807, 2.05) is 24.3 Å². The summed E-state index contributed by atoms with van der Waals surface area (Å²) in [7, 11) is 0. The summed E-state index contributed by atoms with van der Waals surface area (Å²) in [5.41, 5.74) is 0.854. The van der Waals surface area contributed by atoms with Gasteiger partial charge in [-0.25, -0.2) is 4.39 Å². The van der Waals surface area contributed by atoms with Crippen molar-refractivity contribution >= 4 is 21.5 Å². The number of hydrogen-bond donors (Lipinski definition) is 0. The van der Waals surface area contributed by atoms with Crippen LogP contribution in [0, 0.1) is 5.82 Å². The SMILES string of the molecule is CCCCCCCCCCOc1ccc2c(ccc3c(F)c(CCCCCCCC)ccc32)c1. The van der Waals surface area contributed by atoms with Crippen molar-refractivity contribution in [2.45, 2.75) is 110 Å². The lowest BCUT2D eigenvalue weighted by Crippen LogP contribution is -1.97. The quantitative estimate of drug-likeness (QED) is 0.143. The Kier molecular flexibility index (Phi) is 11.7. The van der Waals surface area contributed by atoms with Gasteiger partial charge in [-0.15, -0.1) is 0 Å². The van der Waals surface area contributed by atoms with E-state index < -0.39 is 0 Å². The lowest BCUT2D eigenvalue weighted by molar-refractivity contribution is 0.304. The van der Waals surface area contributed by atoms with Gasteiger partial charge in [-0.3, -0.25) is 0 Å². The molecule has 0 heterocycles. The van der Waals surface area contributed by atoms with Gasteiger partial charge in [0, 0.05) is 5.39 Å². The van der Waals surface area contributed by atoms with Gasteiger partial charge < -0.3 is 4.74 Å². The molecule has 3 rings (SSSR count). The molecule has 0 bridgehead atoms. The molecule has 0 radical (unpaired) electrons. The van der Waals surface area contributed by atoms with E-state index in [1.165, 1.54) is 77.0 Å². The molecule has 0 N–H and O–H groups in total. The summed E-state index contributed by atoms with van der Waals surface area (Å²) in [6, 6.07) is 14.3. The van der Waals surface area contributed by atoms with E-state index in [0.29, 0.717) is 0 Å². The molecule has 0 amide bonds. The van der Waals surface area contributed by atoms with E-state index in [1.54, 1.807) is 0 Å². The molecule has 0 spiro atoms. The number of fused-ring (bicyclic) bond motifs is 3. The molecule has 0 atom stereocenters. The fourth-order valence-electron chi connectivity index (χ4n) is 4.94. The number of aryl methyl sites for hydroxylation is 1. The van der Waals surface area contributed by atoms with Gasteiger partial charge in [0.2, 0.25) is 0 Å². The molecule has 34 heavy (non-hydrogen) atoms. The van der Waals surface area contributed by atoms with E-state index in [0.717, 1.165) is 58.7 Å². The van der Waals surface area contributed by atoms with Gasteiger partial charge in [0.25, 0.3) is 0 Å². The van der Waals surface area contributed by atoms with Crippen LogP contribution in [0.5, 0.6) is 5.75 Å². The number of benzene rings is 3.